The Balaban J connectivity index is 1.94. The molecule has 20 heavy (non-hydrogen) atoms. The molecule has 0 aromatic heterocycles. The van der Waals surface area contributed by atoms with Gasteiger partial charge in [-0.1, -0.05) is 28.1 Å². The quantitative estimate of drug-likeness (QED) is 0.847. The van der Waals surface area contributed by atoms with E-state index < -0.39 is 10.0 Å². The molecule has 2 rings (SSSR count). The number of hydrogen-bond donors (Lipinski definition) is 2. The average molecular weight is 361 g/mol. The van der Waals surface area contributed by atoms with Gasteiger partial charge in [0, 0.05) is 10.5 Å². The lowest BCUT2D eigenvalue weighted by Crippen LogP contribution is -2.38. The maximum atomic E-state index is 12.2. The molecule has 112 valence electrons. The fourth-order valence-electron chi connectivity index (χ4n) is 2.51. The van der Waals surface area contributed by atoms with Gasteiger partial charge in [-0.2, -0.15) is 0 Å². The maximum Gasteiger partial charge on any atom is 0.212 e. The van der Waals surface area contributed by atoms with E-state index in [1.165, 1.54) is 0 Å². The molecular formula is C14H21BrN2O2S. The highest BCUT2D eigenvalue weighted by atomic mass is 79.9. The van der Waals surface area contributed by atoms with Gasteiger partial charge in [0.2, 0.25) is 10.0 Å². The van der Waals surface area contributed by atoms with Crippen molar-refractivity contribution in [2.45, 2.75) is 25.8 Å². The molecule has 1 aromatic rings. The summed E-state index contributed by atoms with van der Waals surface area (Å²) in [4.78, 5) is 0. The summed E-state index contributed by atoms with van der Waals surface area (Å²) in [5.41, 5.74) is 0.971. The van der Waals surface area contributed by atoms with Crippen molar-refractivity contribution in [2.75, 3.05) is 18.8 Å². The normalized spacial score (nSPS) is 21.6. The van der Waals surface area contributed by atoms with Crippen LogP contribution in [0.2, 0.25) is 0 Å². The molecule has 1 heterocycles. The van der Waals surface area contributed by atoms with Crippen LogP contribution in [0.4, 0.5) is 0 Å². The molecule has 2 unspecified atom stereocenters. The van der Waals surface area contributed by atoms with Gasteiger partial charge in [-0.3, -0.25) is 0 Å². The van der Waals surface area contributed by atoms with Gasteiger partial charge in [-0.25, -0.2) is 13.1 Å². The van der Waals surface area contributed by atoms with Crippen molar-refractivity contribution in [1.29, 1.82) is 0 Å². The number of halogens is 1. The summed E-state index contributed by atoms with van der Waals surface area (Å²) in [6.45, 7) is 3.67. The number of piperidine rings is 1. The third kappa shape index (κ3) is 4.84. The van der Waals surface area contributed by atoms with Gasteiger partial charge in [0.05, 0.1) is 5.75 Å². The molecule has 0 aliphatic carbocycles. The number of sulfonamides is 1. The topological polar surface area (TPSA) is 58.2 Å². The molecule has 4 nitrogen and oxygen atoms in total. The minimum absolute atomic E-state index is 0.204. The molecule has 1 aliphatic heterocycles. The molecule has 1 aromatic carbocycles. The zero-order valence-electron chi connectivity index (χ0n) is 11.6. The lowest BCUT2D eigenvalue weighted by molar-refractivity contribution is 0.402. The molecule has 2 atom stereocenters. The lowest BCUT2D eigenvalue weighted by Gasteiger charge is -2.23. The van der Waals surface area contributed by atoms with Crippen LogP contribution in [0, 0.1) is 5.92 Å². The van der Waals surface area contributed by atoms with Crippen molar-refractivity contribution in [2.24, 2.45) is 5.92 Å². The summed E-state index contributed by atoms with van der Waals surface area (Å²) in [6.07, 6.45) is 2.04. The molecular weight excluding hydrogens is 340 g/mol. The van der Waals surface area contributed by atoms with Gasteiger partial charge < -0.3 is 5.32 Å². The largest absolute Gasteiger partial charge is 0.316 e. The van der Waals surface area contributed by atoms with E-state index in [9.17, 15) is 8.42 Å². The third-order valence-corrected chi connectivity index (χ3v) is 5.73. The van der Waals surface area contributed by atoms with Crippen molar-refractivity contribution in [1.82, 2.24) is 10.0 Å². The second-order valence-electron chi connectivity index (χ2n) is 5.38. The van der Waals surface area contributed by atoms with Crippen molar-refractivity contribution in [3.05, 3.63) is 34.3 Å². The molecule has 0 saturated carbocycles. The minimum Gasteiger partial charge on any atom is -0.316 e. The zero-order valence-corrected chi connectivity index (χ0v) is 14.0. The van der Waals surface area contributed by atoms with Gasteiger partial charge in [0.15, 0.2) is 0 Å². The molecule has 0 bridgehead atoms. The minimum atomic E-state index is -3.24. The van der Waals surface area contributed by atoms with E-state index in [4.69, 9.17) is 0 Å². The van der Waals surface area contributed by atoms with E-state index in [1.54, 1.807) is 0 Å². The van der Waals surface area contributed by atoms with Gasteiger partial charge in [-0.05, 0) is 56.5 Å². The predicted octanol–water partition coefficient (Wildman–Crippen LogP) is 2.43. The highest BCUT2D eigenvalue weighted by Gasteiger charge is 2.22. The Bertz CT molecular complexity index is 525. The monoisotopic (exact) mass is 360 g/mol. The Hall–Kier alpha value is -0.430. The summed E-state index contributed by atoms with van der Waals surface area (Å²) in [5.74, 6) is 0.430. The van der Waals surface area contributed by atoms with Crippen molar-refractivity contribution in [3.8, 4) is 0 Å². The van der Waals surface area contributed by atoms with Crippen LogP contribution < -0.4 is 10.0 Å². The molecule has 0 spiro atoms. The predicted molar refractivity (Wildman–Crippen MR) is 85.1 cm³/mol. The highest BCUT2D eigenvalue weighted by Crippen LogP contribution is 2.18. The van der Waals surface area contributed by atoms with Crippen LogP contribution in [0.15, 0.2) is 28.7 Å². The van der Waals surface area contributed by atoms with Gasteiger partial charge in [0.1, 0.15) is 0 Å². The first kappa shape index (κ1) is 15.9. The zero-order chi connectivity index (χ0) is 14.6. The number of rotatable bonds is 5. The third-order valence-electron chi connectivity index (χ3n) is 3.58. The summed E-state index contributed by atoms with van der Waals surface area (Å²) in [5, 5.41) is 3.25. The highest BCUT2D eigenvalue weighted by molar-refractivity contribution is 9.10. The van der Waals surface area contributed by atoms with E-state index in [2.05, 4.69) is 26.0 Å². The molecule has 0 amide bonds. The van der Waals surface area contributed by atoms with E-state index in [-0.39, 0.29) is 17.7 Å². The Morgan fingerprint density at radius 2 is 2.10 bits per heavy atom. The molecule has 1 aliphatic rings. The van der Waals surface area contributed by atoms with Crippen molar-refractivity contribution in [3.63, 3.8) is 0 Å². The standard InChI is InChI=1S/C14H21BrN2O2S/c1-11(13-4-6-14(15)7-5-13)17-20(18,19)10-12-3-2-8-16-9-12/h4-7,11-12,16-17H,2-3,8-10H2,1H3. The van der Waals surface area contributed by atoms with Crippen molar-refractivity contribution >= 4 is 26.0 Å². The lowest BCUT2D eigenvalue weighted by atomic mass is 10.0. The van der Waals surface area contributed by atoms with Crippen LogP contribution in [-0.2, 0) is 10.0 Å². The first-order valence-corrected chi connectivity index (χ1v) is 9.37. The Morgan fingerprint density at radius 3 is 2.70 bits per heavy atom. The molecule has 6 heteroatoms. The Kier molecular flexibility index (Phi) is 5.60. The number of benzene rings is 1. The molecule has 2 N–H and O–H groups in total. The molecule has 1 saturated heterocycles. The number of nitrogens with one attached hydrogen (secondary N) is 2. The van der Waals surface area contributed by atoms with E-state index >= 15 is 0 Å². The van der Waals surface area contributed by atoms with E-state index in [0.717, 1.165) is 36.0 Å². The first-order valence-electron chi connectivity index (χ1n) is 6.92. The summed E-state index contributed by atoms with van der Waals surface area (Å²) in [6, 6.07) is 7.50. The van der Waals surface area contributed by atoms with Crippen LogP contribution >= 0.6 is 15.9 Å². The summed E-state index contributed by atoms with van der Waals surface area (Å²) in [7, 11) is -3.24. The second-order valence-corrected chi connectivity index (χ2v) is 8.10. The maximum absolute atomic E-state index is 12.2. The van der Waals surface area contributed by atoms with Crippen LogP contribution in [0.25, 0.3) is 0 Å². The van der Waals surface area contributed by atoms with Crippen molar-refractivity contribution < 1.29 is 8.42 Å². The van der Waals surface area contributed by atoms with Crippen LogP contribution in [-0.4, -0.2) is 27.3 Å². The Morgan fingerprint density at radius 1 is 1.40 bits per heavy atom. The van der Waals surface area contributed by atoms with Gasteiger partial charge in [0.25, 0.3) is 0 Å². The van der Waals surface area contributed by atoms with Crippen LogP contribution in [0.5, 0.6) is 0 Å². The first-order chi connectivity index (χ1) is 9.46. The summed E-state index contributed by atoms with van der Waals surface area (Å²) >= 11 is 3.38. The molecule has 1 fully saturated rings. The smallest absolute Gasteiger partial charge is 0.212 e. The van der Waals surface area contributed by atoms with Gasteiger partial charge >= 0.3 is 0 Å². The average Bonchev–Trinajstić information content (AvgIpc) is 2.39. The van der Waals surface area contributed by atoms with Crippen LogP contribution in [0.1, 0.15) is 31.4 Å². The Labute approximate surface area is 129 Å². The summed E-state index contributed by atoms with van der Waals surface area (Å²) < 4.78 is 28.2. The van der Waals surface area contributed by atoms with E-state index in [1.807, 2.05) is 31.2 Å². The number of hydrogen-bond acceptors (Lipinski definition) is 3. The second kappa shape index (κ2) is 7.02. The van der Waals surface area contributed by atoms with E-state index in [0.29, 0.717) is 0 Å². The fourth-order valence-corrected chi connectivity index (χ4v) is 4.45. The SMILES string of the molecule is CC(NS(=O)(=O)CC1CCCNC1)c1ccc(Br)cc1. The molecule has 0 radical (unpaired) electrons. The van der Waals surface area contributed by atoms with Crippen LogP contribution in [0.3, 0.4) is 0 Å². The van der Waals surface area contributed by atoms with Gasteiger partial charge in [-0.15, -0.1) is 0 Å². The fraction of sp³-hybridized carbons (Fsp3) is 0.571.